The van der Waals surface area contributed by atoms with Crippen molar-refractivity contribution in [3.05, 3.63) is 24.3 Å². The van der Waals surface area contributed by atoms with Gasteiger partial charge in [0, 0.05) is 20.6 Å². The zero-order valence-corrected chi connectivity index (χ0v) is 12.1. The van der Waals surface area contributed by atoms with E-state index in [-0.39, 0.29) is 17.9 Å². The van der Waals surface area contributed by atoms with Gasteiger partial charge in [0.15, 0.2) is 0 Å². The van der Waals surface area contributed by atoms with Crippen molar-refractivity contribution in [2.45, 2.75) is 26.3 Å². The number of carbonyl (C=O) groups is 2. The minimum absolute atomic E-state index is 0.00561. The molecule has 0 N–H and O–H groups in total. The number of rotatable bonds is 3. The number of anilines is 2. The fraction of sp³-hybridized carbons (Fsp3) is 0.467. The molecule has 5 nitrogen and oxygen atoms in total. The van der Waals surface area contributed by atoms with Gasteiger partial charge in [0.2, 0.25) is 11.8 Å². The Morgan fingerprint density at radius 2 is 1.95 bits per heavy atom. The molecule has 20 heavy (non-hydrogen) atoms. The summed E-state index contributed by atoms with van der Waals surface area (Å²) in [6.45, 7) is 4.42. The van der Waals surface area contributed by atoms with E-state index in [4.69, 9.17) is 4.74 Å². The summed E-state index contributed by atoms with van der Waals surface area (Å²) in [6, 6.07) is 7.48. The summed E-state index contributed by atoms with van der Waals surface area (Å²) in [4.78, 5) is 27.6. The monoisotopic (exact) mass is 276 g/mol. The van der Waals surface area contributed by atoms with E-state index in [1.54, 1.807) is 23.8 Å². The van der Waals surface area contributed by atoms with Crippen LogP contribution in [0.4, 0.5) is 11.4 Å². The van der Waals surface area contributed by atoms with E-state index in [0.717, 1.165) is 11.4 Å². The van der Waals surface area contributed by atoms with Crippen LogP contribution in [-0.4, -0.2) is 38.1 Å². The average molecular weight is 276 g/mol. The first kappa shape index (κ1) is 14.5. The molecular weight excluding hydrogens is 256 g/mol. The highest BCUT2D eigenvalue weighted by Gasteiger charge is 2.32. The van der Waals surface area contributed by atoms with Crippen molar-refractivity contribution >= 4 is 23.2 Å². The van der Waals surface area contributed by atoms with E-state index in [2.05, 4.69) is 0 Å². The number of nitrogens with zero attached hydrogens (tertiary/aromatic N) is 2. The van der Waals surface area contributed by atoms with Crippen molar-refractivity contribution in [1.82, 2.24) is 0 Å². The predicted octanol–water partition coefficient (Wildman–Crippen LogP) is 1.81. The van der Waals surface area contributed by atoms with Crippen molar-refractivity contribution in [2.24, 2.45) is 0 Å². The third-order valence-corrected chi connectivity index (χ3v) is 3.48. The molecule has 5 heteroatoms. The molecule has 0 unspecified atom stereocenters. The zero-order chi connectivity index (χ0) is 14.7. The van der Waals surface area contributed by atoms with E-state index in [9.17, 15) is 9.59 Å². The van der Waals surface area contributed by atoms with Crippen LogP contribution in [0.5, 0.6) is 0 Å². The Bertz CT molecular complexity index is 516. The fourth-order valence-electron chi connectivity index (χ4n) is 2.62. The van der Waals surface area contributed by atoms with Crippen LogP contribution in [0.25, 0.3) is 0 Å². The highest BCUT2D eigenvalue weighted by molar-refractivity contribution is 6.03. The maximum Gasteiger partial charge on any atom is 0.229 e. The van der Waals surface area contributed by atoms with Crippen molar-refractivity contribution in [3.63, 3.8) is 0 Å². The van der Waals surface area contributed by atoms with Crippen LogP contribution in [0.2, 0.25) is 0 Å². The molecule has 1 aromatic rings. The summed E-state index contributed by atoms with van der Waals surface area (Å²) in [6.07, 6.45) is 0.345. The lowest BCUT2D eigenvalue weighted by Crippen LogP contribution is -2.51. The van der Waals surface area contributed by atoms with Crippen LogP contribution >= 0.6 is 0 Å². The van der Waals surface area contributed by atoms with Crippen LogP contribution in [0.15, 0.2) is 24.3 Å². The quantitative estimate of drug-likeness (QED) is 0.846. The summed E-state index contributed by atoms with van der Waals surface area (Å²) >= 11 is 0. The molecule has 2 rings (SSSR count). The number of benzene rings is 1. The normalized spacial score (nSPS) is 17.9. The third kappa shape index (κ3) is 2.67. The highest BCUT2D eigenvalue weighted by Crippen LogP contribution is 2.35. The molecule has 1 aliphatic heterocycles. The largest absolute Gasteiger partial charge is 0.384 e. The van der Waals surface area contributed by atoms with Crippen molar-refractivity contribution in [2.75, 3.05) is 30.1 Å². The average Bonchev–Trinajstić information content (AvgIpc) is 2.43. The van der Waals surface area contributed by atoms with Gasteiger partial charge in [0.05, 0.1) is 30.4 Å². The minimum atomic E-state index is -0.0334. The summed E-state index contributed by atoms with van der Waals surface area (Å²) in [7, 11) is 1.58. The van der Waals surface area contributed by atoms with Gasteiger partial charge in [0.25, 0.3) is 0 Å². The Kier molecular flexibility index (Phi) is 4.39. The molecule has 0 fully saturated rings. The molecule has 0 saturated heterocycles. The predicted molar refractivity (Wildman–Crippen MR) is 77.9 cm³/mol. The lowest BCUT2D eigenvalue weighted by molar-refractivity contribution is -0.120. The van der Waals surface area contributed by atoms with Gasteiger partial charge < -0.3 is 14.5 Å². The molecule has 0 saturated carbocycles. The molecular formula is C15H20N2O3. The van der Waals surface area contributed by atoms with Gasteiger partial charge in [-0.05, 0) is 19.1 Å². The molecule has 1 heterocycles. The highest BCUT2D eigenvalue weighted by atomic mass is 16.5. The number of carbonyl (C=O) groups excluding carboxylic acids is 2. The van der Waals surface area contributed by atoms with E-state index in [0.29, 0.717) is 19.6 Å². The van der Waals surface area contributed by atoms with Crippen LogP contribution in [0.3, 0.4) is 0 Å². The molecule has 1 atom stereocenters. The molecule has 1 aromatic carbocycles. The maximum absolute atomic E-state index is 12.3. The van der Waals surface area contributed by atoms with E-state index in [1.807, 2.05) is 31.2 Å². The number of methoxy groups -OCH3 is 1. The second kappa shape index (κ2) is 6.05. The molecule has 0 aliphatic carbocycles. The van der Waals surface area contributed by atoms with Gasteiger partial charge in [0.1, 0.15) is 0 Å². The Morgan fingerprint density at radius 1 is 1.30 bits per heavy atom. The second-order valence-electron chi connectivity index (χ2n) is 4.97. The van der Waals surface area contributed by atoms with Crippen LogP contribution in [0.1, 0.15) is 20.3 Å². The summed E-state index contributed by atoms with van der Waals surface area (Å²) in [5.74, 6) is 0.0169. The molecule has 2 amide bonds. The number of para-hydroxylation sites is 2. The maximum atomic E-state index is 12.3. The lowest BCUT2D eigenvalue weighted by atomic mass is 10.1. The van der Waals surface area contributed by atoms with E-state index >= 15 is 0 Å². The molecule has 0 bridgehead atoms. The smallest absolute Gasteiger partial charge is 0.229 e. The first-order valence-electron chi connectivity index (χ1n) is 6.74. The molecule has 0 spiro atoms. The Morgan fingerprint density at radius 3 is 2.55 bits per heavy atom. The van der Waals surface area contributed by atoms with Gasteiger partial charge in [-0.2, -0.15) is 0 Å². The summed E-state index contributed by atoms with van der Waals surface area (Å²) in [5, 5.41) is 0. The van der Waals surface area contributed by atoms with Crippen molar-refractivity contribution in [3.8, 4) is 0 Å². The number of ether oxygens (including phenoxy) is 1. The van der Waals surface area contributed by atoms with Crippen molar-refractivity contribution in [1.29, 1.82) is 0 Å². The lowest BCUT2D eigenvalue weighted by Gasteiger charge is -2.40. The Hall–Kier alpha value is -1.88. The summed E-state index contributed by atoms with van der Waals surface area (Å²) < 4.78 is 4.97. The minimum Gasteiger partial charge on any atom is -0.384 e. The van der Waals surface area contributed by atoms with Gasteiger partial charge in [-0.15, -0.1) is 0 Å². The number of hydrogen-bond acceptors (Lipinski definition) is 3. The number of amides is 2. The van der Waals surface area contributed by atoms with Crippen LogP contribution in [0, 0.1) is 0 Å². The van der Waals surface area contributed by atoms with Gasteiger partial charge in [-0.3, -0.25) is 9.59 Å². The first-order chi connectivity index (χ1) is 9.56. The molecule has 1 aliphatic rings. The van der Waals surface area contributed by atoms with Crippen LogP contribution < -0.4 is 9.80 Å². The van der Waals surface area contributed by atoms with E-state index in [1.165, 1.54) is 0 Å². The Labute approximate surface area is 119 Å². The third-order valence-electron chi connectivity index (χ3n) is 3.48. The topological polar surface area (TPSA) is 49.9 Å². The number of hydrogen-bond donors (Lipinski definition) is 0. The first-order valence-corrected chi connectivity index (χ1v) is 6.74. The zero-order valence-electron chi connectivity index (χ0n) is 12.1. The van der Waals surface area contributed by atoms with Gasteiger partial charge >= 0.3 is 0 Å². The molecule has 0 radical (unpaired) electrons. The summed E-state index contributed by atoms with van der Waals surface area (Å²) in [5.41, 5.74) is 1.59. The van der Waals surface area contributed by atoms with Gasteiger partial charge in [-0.1, -0.05) is 12.1 Å². The molecule has 0 aromatic heterocycles. The van der Waals surface area contributed by atoms with Crippen LogP contribution in [-0.2, 0) is 14.3 Å². The Balaban J connectivity index is 2.35. The second-order valence-corrected chi connectivity index (χ2v) is 4.97. The standard InChI is InChI=1S/C15H20N2O3/c1-11-10-16(15(19)8-9-20-3)13-6-4-5-7-14(13)17(11)12(2)18/h4-7,11H,8-10H2,1-3H3/t11-/m0/s1. The van der Waals surface area contributed by atoms with E-state index < -0.39 is 0 Å². The molecule has 108 valence electrons. The fourth-order valence-corrected chi connectivity index (χ4v) is 2.62. The SMILES string of the molecule is COCCC(=O)N1C[C@H](C)N(C(C)=O)c2ccccc21. The van der Waals surface area contributed by atoms with Gasteiger partial charge in [-0.25, -0.2) is 0 Å². The number of fused-ring (bicyclic) bond motifs is 1. The van der Waals surface area contributed by atoms with Crippen molar-refractivity contribution < 1.29 is 14.3 Å².